The summed E-state index contributed by atoms with van der Waals surface area (Å²) in [6.45, 7) is 6.07. The van der Waals surface area contributed by atoms with Crippen molar-refractivity contribution in [3.63, 3.8) is 0 Å². The summed E-state index contributed by atoms with van der Waals surface area (Å²) in [6.07, 6.45) is 1.15. The van der Waals surface area contributed by atoms with Gasteiger partial charge in [0.2, 0.25) is 0 Å². The Kier molecular flexibility index (Phi) is 5.54. The molecule has 2 unspecified atom stereocenters. The molecule has 0 saturated carbocycles. The highest BCUT2D eigenvalue weighted by molar-refractivity contribution is 7.86. The van der Waals surface area contributed by atoms with Crippen LogP contribution >= 0.6 is 0 Å². The van der Waals surface area contributed by atoms with E-state index in [4.69, 9.17) is 5.11 Å². The van der Waals surface area contributed by atoms with Crippen molar-refractivity contribution in [2.45, 2.75) is 49.7 Å². The Hall–Kier alpha value is -1.16. The van der Waals surface area contributed by atoms with Gasteiger partial charge < -0.3 is 5.11 Å². The summed E-state index contributed by atoms with van der Waals surface area (Å²) in [6, 6.07) is 7.39. The van der Waals surface area contributed by atoms with Gasteiger partial charge in [-0.1, -0.05) is 39.3 Å². The van der Waals surface area contributed by atoms with Crippen LogP contribution in [0.4, 0.5) is 0 Å². The van der Waals surface area contributed by atoms with Crippen molar-refractivity contribution in [3.05, 3.63) is 29.8 Å². The molecule has 4 heteroatoms. The summed E-state index contributed by atoms with van der Waals surface area (Å²) in [5.74, 6) is -0.568. The summed E-state index contributed by atoms with van der Waals surface area (Å²) in [4.78, 5) is 11.7. The van der Waals surface area contributed by atoms with E-state index in [1.807, 2.05) is 19.1 Å². The number of carbonyl (C=O) groups is 1. The molecule has 1 aromatic rings. The quantitative estimate of drug-likeness (QED) is 0.862. The minimum atomic E-state index is -1.47. The Morgan fingerprint density at radius 3 is 2.22 bits per heavy atom. The third-order valence-electron chi connectivity index (χ3n) is 2.86. The molecule has 18 heavy (non-hydrogen) atoms. The SMILES string of the molecule is CCCC(C(=O)O)S(=O)c1ccc(C(C)C)cc1. The number of rotatable bonds is 6. The largest absolute Gasteiger partial charge is 0.480 e. The molecule has 1 rings (SSSR count). The maximum atomic E-state index is 12.2. The molecule has 2 atom stereocenters. The lowest BCUT2D eigenvalue weighted by Crippen LogP contribution is -2.25. The molecule has 0 aromatic heterocycles. The van der Waals surface area contributed by atoms with Gasteiger partial charge in [-0.05, 0) is 30.0 Å². The van der Waals surface area contributed by atoms with E-state index in [2.05, 4.69) is 13.8 Å². The Morgan fingerprint density at radius 2 is 1.83 bits per heavy atom. The molecule has 1 N–H and O–H groups in total. The van der Waals surface area contributed by atoms with Crippen molar-refractivity contribution in [1.82, 2.24) is 0 Å². The first kappa shape index (κ1) is 14.9. The number of hydrogen-bond acceptors (Lipinski definition) is 2. The van der Waals surface area contributed by atoms with Crippen LogP contribution in [-0.2, 0) is 15.6 Å². The van der Waals surface area contributed by atoms with Crippen molar-refractivity contribution in [3.8, 4) is 0 Å². The van der Waals surface area contributed by atoms with Gasteiger partial charge in [0.05, 0.1) is 10.8 Å². The molecule has 0 amide bonds. The molecule has 0 bridgehead atoms. The van der Waals surface area contributed by atoms with Crippen LogP contribution in [-0.4, -0.2) is 20.5 Å². The van der Waals surface area contributed by atoms with Gasteiger partial charge in [0, 0.05) is 4.90 Å². The van der Waals surface area contributed by atoms with E-state index in [1.54, 1.807) is 12.1 Å². The van der Waals surface area contributed by atoms with Crippen LogP contribution in [0.3, 0.4) is 0 Å². The highest BCUT2D eigenvalue weighted by atomic mass is 32.2. The Balaban J connectivity index is 2.91. The van der Waals surface area contributed by atoms with E-state index in [9.17, 15) is 9.00 Å². The highest BCUT2D eigenvalue weighted by Crippen LogP contribution is 2.19. The fourth-order valence-electron chi connectivity index (χ4n) is 1.74. The van der Waals surface area contributed by atoms with Gasteiger partial charge in [0.25, 0.3) is 0 Å². The molecular formula is C14H20O3S. The highest BCUT2D eigenvalue weighted by Gasteiger charge is 2.24. The van der Waals surface area contributed by atoms with E-state index >= 15 is 0 Å². The van der Waals surface area contributed by atoms with Crippen LogP contribution < -0.4 is 0 Å². The lowest BCUT2D eigenvalue weighted by Gasteiger charge is -2.12. The van der Waals surface area contributed by atoms with Gasteiger partial charge in [-0.15, -0.1) is 0 Å². The maximum absolute atomic E-state index is 12.2. The Bertz CT molecular complexity index is 423. The Labute approximate surface area is 111 Å². The van der Waals surface area contributed by atoms with Gasteiger partial charge >= 0.3 is 5.97 Å². The standard InChI is InChI=1S/C14H20O3S/c1-4-5-13(14(15)16)18(17)12-8-6-11(7-9-12)10(2)3/h6-10,13H,4-5H2,1-3H3,(H,15,16). The lowest BCUT2D eigenvalue weighted by atomic mass is 10.0. The van der Waals surface area contributed by atoms with Gasteiger partial charge in [-0.3, -0.25) is 9.00 Å². The second kappa shape index (κ2) is 6.69. The van der Waals surface area contributed by atoms with E-state index < -0.39 is 22.0 Å². The fourth-order valence-corrected chi connectivity index (χ4v) is 3.10. The number of benzene rings is 1. The van der Waals surface area contributed by atoms with E-state index in [1.165, 1.54) is 0 Å². The molecule has 0 spiro atoms. The van der Waals surface area contributed by atoms with Gasteiger partial charge in [-0.25, -0.2) is 0 Å². The zero-order valence-corrected chi connectivity index (χ0v) is 11.9. The van der Waals surface area contributed by atoms with Crippen LogP contribution in [0.25, 0.3) is 0 Å². The third-order valence-corrected chi connectivity index (χ3v) is 4.55. The van der Waals surface area contributed by atoms with Crippen molar-refractivity contribution >= 4 is 16.8 Å². The number of hydrogen-bond donors (Lipinski definition) is 1. The molecule has 1 aromatic carbocycles. The average molecular weight is 268 g/mol. The molecular weight excluding hydrogens is 248 g/mol. The summed E-state index contributed by atoms with van der Waals surface area (Å²) >= 11 is 0. The Morgan fingerprint density at radius 1 is 1.28 bits per heavy atom. The monoisotopic (exact) mass is 268 g/mol. The minimum absolute atomic E-state index is 0.415. The first-order chi connectivity index (χ1) is 8.47. The fraction of sp³-hybridized carbons (Fsp3) is 0.500. The van der Waals surface area contributed by atoms with Crippen molar-refractivity contribution in [1.29, 1.82) is 0 Å². The van der Waals surface area contributed by atoms with Crippen LogP contribution in [0.1, 0.15) is 45.1 Å². The molecule has 0 radical (unpaired) electrons. The van der Waals surface area contributed by atoms with Gasteiger partial charge in [0.15, 0.2) is 0 Å². The molecule has 0 saturated heterocycles. The summed E-state index contributed by atoms with van der Waals surface area (Å²) < 4.78 is 12.2. The second-order valence-corrected chi connectivity index (χ2v) is 6.27. The molecule has 0 heterocycles. The molecule has 0 aliphatic heterocycles. The number of carboxylic acids is 1. The predicted molar refractivity (Wildman–Crippen MR) is 73.3 cm³/mol. The van der Waals surface area contributed by atoms with Gasteiger partial charge in [0.1, 0.15) is 5.25 Å². The normalized spacial score (nSPS) is 14.4. The van der Waals surface area contributed by atoms with Crippen molar-refractivity contribution < 1.29 is 14.1 Å². The summed E-state index contributed by atoms with van der Waals surface area (Å²) in [7, 11) is -1.47. The first-order valence-electron chi connectivity index (χ1n) is 6.20. The lowest BCUT2D eigenvalue weighted by molar-refractivity contribution is -0.136. The number of aliphatic carboxylic acids is 1. The smallest absolute Gasteiger partial charge is 0.319 e. The minimum Gasteiger partial charge on any atom is -0.480 e. The van der Waals surface area contributed by atoms with Crippen molar-refractivity contribution in [2.24, 2.45) is 0 Å². The third kappa shape index (κ3) is 3.67. The average Bonchev–Trinajstić information content (AvgIpc) is 2.35. The zero-order valence-electron chi connectivity index (χ0n) is 11.1. The molecule has 0 aliphatic rings. The predicted octanol–water partition coefficient (Wildman–Crippen LogP) is 3.17. The van der Waals surface area contributed by atoms with Crippen LogP contribution in [0.5, 0.6) is 0 Å². The summed E-state index contributed by atoms with van der Waals surface area (Å²) in [5.41, 5.74) is 1.16. The van der Waals surface area contributed by atoms with E-state index in [0.29, 0.717) is 23.7 Å². The summed E-state index contributed by atoms with van der Waals surface area (Å²) in [5, 5.41) is 8.28. The molecule has 0 aliphatic carbocycles. The van der Waals surface area contributed by atoms with Crippen LogP contribution in [0, 0.1) is 0 Å². The van der Waals surface area contributed by atoms with Crippen LogP contribution in [0.15, 0.2) is 29.2 Å². The van der Waals surface area contributed by atoms with Crippen LogP contribution in [0.2, 0.25) is 0 Å². The molecule has 100 valence electrons. The van der Waals surface area contributed by atoms with E-state index in [-0.39, 0.29) is 0 Å². The van der Waals surface area contributed by atoms with Gasteiger partial charge in [-0.2, -0.15) is 0 Å². The molecule has 3 nitrogen and oxygen atoms in total. The molecule has 0 fully saturated rings. The first-order valence-corrected chi connectivity index (χ1v) is 7.42. The van der Waals surface area contributed by atoms with E-state index in [0.717, 1.165) is 5.56 Å². The number of carboxylic acid groups (broad SMARTS) is 1. The zero-order chi connectivity index (χ0) is 13.7. The second-order valence-electron chi connectivity index (χ2n) is 4.64. The van der Waals surface area contributed by atoms with Crippen molar-refractivity contribution in [2.75, 3.05) is 0 Å². The topological polar surface area (TPSA) is 54.4 Å². The maximum Gasteiger partial charge on any atom is 0.319 e.